The van der Waals surface area contributed by atoms with Gasteiger partial charge in [0.05, 0.1) is 0 Å². The van der Waals surface area contributed by atoms with Crippen molar-refractivity contribution < 1.29 is 18.8 Å². The molecule has 0 bridgehead atoms. The maximum absolute atomic E-state index is 11.9. The standard InChI is InChI=1S/C23H25N3O4/c27-23(25-19-10-12-24-13-11-19)29-16-21-14-22(26-30-21)18-6-8-20(9-7-18)28-15-17-4-2-1-3-5-17/h1-9,14,19,24H,10-13,15-16H2,(H,25,27). The first-order valence-corrected chi connectivity index (χ1v) is 10.1. The lowest BCUT2D eigenvalue weighted by atomic mass is 10.1. The number of piperidine rings is 1. The smallest absolute Gasteiger partial charge is 0.407 e. The lowest BCUT2D eigenvalue weighted by Crippen LogP contribution is -2.42. The number of amides is 1. The number of hydrogen-bond donors (Lipinski definition) is 2. The highest BCUT2D eigenvalue weighted by atomic mass is 16.6. The highest BCUT2D eigenvalue weighted by Crippen LogP contribution is 2.23. The first kappa shape index (κ1) is 20.0. The molecule has 1 amide bonds. The molecule has 3 aromatic rings. The number of nitrogens with one attached hydrogen (secondary N) is 2. The predicted molar refractivity (Wildman–Crippen MR) is 112 cm³/mol. The second-order valence-electron chi connectivity index (χ2n) is 7.22. The Kier molecular flexibility index (Phi) is 6.61. The zero-order chi connectivity index (χ0) is 20.6. The third-order valence-corrected chi connectivity index (χ3v) is 4.96. The lowest BCUT2D eigenvalue weighted by molar-refractivity contribution is 0.122. The van der Waals surface area contributed by atoms with Gasteiger partial charge >= 0.3 is 6.09 Å². The van der Waals surface area contributed by atoms with E-state index in [0.29, 0.717) is 18.1 Å². The van der Waals surface area contributed by atoms with E-state index in [1.165, 1.54) is 0 Å². The van der Waals surface area contributed by atoms with E-state index >= 15 is 0 Å². The minimum absolute atomic E-state index is 0.0437. The molecule has 1 aliphatic heterocycles. The monoisotopic (exact) mass is 407 g/mol. The Morgan fingerprint density at radius 3 is 2.60 bits per heavy atom. The van der Waals surface area contributed by atoms with Gasteiger partial charge in [-0.15, -0.1) is 0 Å². The molecule has 7 nitrogen and oxygen atoms in total. The number of carbonyl (C=O) groups is 1. The molecule has 2 heterocycles. The minimum atomic E-state index is -0.431. The van der Waals surface area contributed by atoms with E-state index in [1.54, 1.807) is 6.07 Å². The molecule has 156 valence electrons. The molecule has 2 N–H and O–H groups in total. The van der Waals surface area contributed by atoms with Crippen molar-refractivity contribution in [3.63, 3.8) is 0 Å². The summed E-state index contributed by atoms with van der Waals surface area (Å²) in [7, 11) is 0. The second-order valence-corrected chi connectivity index (χ2v) is 7.22. The third kappa shape index (κ3) is 5.61. The second kappa shape index (κ2) is 9.93. The van der Waals surface area contributed by atoms with Crippen molar-refractivity contribution in [3.8, 4) is 17.0 Å². The summed E-state index contributed by atoms with van der Waals surface area (Å²) in [5.41, 5.74) is 2.70. The van der Waals surface area contributed by atoms with Gasteiger partial charge in [0.1, 0.15) is 18.1 Å². The van der Waals surface area contributed by atoms with Crippen LogP contribution in [0.5, 0.6) is 5.75 Å². The summed E-state index contributed by atoms with van der Waals surface area (Å²) in [5.74, 6) is 1.28. The largest absolute Gasteiger partial charge is 0.489 e. The molecule has 0 radical (unpaired) electrons. The summed E-state index contributed by atoms with van der Waals surface area (Å²) >= 11 is 0. The van der Waals surface area contributed by atoms with Crippen LogP contribution >= 0.6 is 0 Å². The quantitative estimate of drug-likeness (QED) is 0.618. The fourth-order valence-electron chi connectivity index (χ4n) is 3.29. The van der Waals surface area contributed by atoms with Crippen LogP contribution in [-0.2, 0) is 18.0 Å². The molecule has 1 aromatic heterocycles. The van der Waals surface area contributed by atoms with Crippen LogP contribution in [0, 0.1) is 0 Å². The SMILES string of the molecule is O=C(NC1CCNCC1)OCc1cc(-c2ccc(OCc3ccccc3)cc2)no1. The molecular formula is C23H25N3O4. The molecule has 30 heavy (non-hydrogen) atoms. The van der Waals surface area contributed by atoms with Gasteiger partial charge in [-0.1, -0.05) is 35.5 Å². The van der Waals surface area contributed by atoms with Gasteiger partial charge in [0.15, 0.2) is 12.4 Å². The summed E-state index contributed by atoms with van der Waals surface area (Å²) in [4.78, 5) is 11.9. The molecule has 1 saturated heterocycles. The Hall–Kier alpha value is -3.32. The normalized spacial score (nSPS) is 14.3. The predicted octanol–water partition coefficient (Wildman–Crippen LogP) is 3.90. The van der Waals surface area contributed by atoms with E-state index in [4.69, 9.17) is 14.0 Å². The number of alkyl carbamates (subject to hydrolysis) is 1. The van der Waals surface area contributed by atoms with Gasteiger partial charge in [-0.2, -0.15) is 0 Å². The van der Waals surface area contributed by atoms with Crippen molar-refractivity contribution in [2.45, 2.75) is 32.1 Å². The number of nitrogens with zero attached hydrogens (tertiary/aromatic N) is 1. The number of hydrogen-bond acceptors (Lipinski definition) is 6. The van der Waals surface area contributed by atoms with E-state index in [9.17, 15) is 4.79 Å². The van der Waals surface area contributed by atoms with Crippen molar-refractivity contribution in [2.24, 2.45) is 0 Å². The summed E-state index contributed by atoms with van der Waals surface area (Å²) in [6.45, 7) is 2.38. The first-order chi connectivity index (χ1) is 14.8. The van der Waals surface area contributed by atoms with Gasteiger partial charge in [-0.25, -0.2) is 4.79 Å². The Morgan fingerprint density at radius 1 is 1.07 bits per heavy atom. The molecule has 0 saturated carbocycles. The van der Waals surface area contributed by atoms with Crippen LogP contribution in [0.2, 0.25) is 0 Å². The zero-order valence-corrected chi connectivity index (χ0v) is 16.7. The number of benzene rings is 2. The minimum Gasteiger partial charge on any atom is -0.489 e. The fourth-order valence-corrected chi connectivity index (χ4v) is 3.29. The lowest BCUT2D eigenvalue weighted by Gasteiger charge is -2.23. The van der Waals surface area contributed by atoms with Crippen LogP contribution < -0.4 is 15.4 Å². The van der Waals surface area contributed by atoms with Crippen molar-refractivity contribution in [1.29, 1.82) is 0 Å². The van der Waals surface area contributed by atoms with Crippen LogP contribution in [0.25, 0.3) is 11.3 Å². The van der Waals surface area contributed by atoms with Crippen molar-refractivity contribution in [2.75, 3.05) is 13.1 Å². The fraction of sp³-hybridized carbons (Fsp3) is 0.304. The van der Waals surface area contributed by atoms with Crippen molar-refractivity contribution in [3.05, 3.63) is 72.0 Å². The average Bonchev–Trinajstić information content (AvgIpc) is 3.27. The molecule has 0 spiro atoms. The van der Waals surface area contributed by atoms with E-state index in [1.807, 2.05) is 54.6 Å². The van der Waals surface area contributed by atoms with E-state index in [2.05, 4.69) is 15.8 Å². The van der Waals surface area contributed by atoms with Gasteiger partial charge in [0, 0.05) is 17.7 Å². The van der Waals surface area contributed by atoms with Crippen molar-refractivity contribution >= 4 is 6.09 Å². The molecule has 0 atom stereocenters. The van der Waals surface area contributed by atoms with Gasteiger partial charge in [-0.05, 0) is 55.8 Å². The van der Waals surface area contributed by atoms with E-state index in [-0.39, 0.29) is 12.6 Å². The summed E-state index contributed by atoms with van der Waals surface area (Å²) < 4.78 is 16.4. The molecule has 0 unspecified atom stereocenters. The van der Waals surface area contributed by atoms with Crippen LogP contribution in [0.1, 0.15) is 24.2 Å². The van der Waals surface area contributed by atoms with Crippen molar-refractivity contribution in [1.82, 2.24) is 15.8 Å². The number of carbonyl (C=O) groups excluding carboxylic acids is 1. The number of aromatic nitrogens is 1. The first-order valence-electron chi connectivity index (χ1n) is 10.1. The summed E-state index contributed by atoms with van der Waals surface area (Å²) in [6, 6.07) is 19.6. The molecular weight excluding hydrogens is 382 g/mol. The molecule has 7 heteroatoms. The van der Waals surface area contributed by atoms with Gasteiger partial charge in [-0.3, -0.25) is 0 Å². The third-order valence-electron chi connectivity index (χ3n) is 4.96. The maximum Gasteiger partial charge on any atom is 0.407 e. The van der Waals surface area contributed by atoms with Crippen LogP contribution in [-0.4, -0.2) is 30.4 Å². The molecule has 1 aliphatic rings. The topological polar surface area (TPSA) is 85.6 Å². The zero-order valence-electron chi connectivity index (χ0n) is 16.7. The van der Waals surface area contributed by atoms with Crippen LogP contribution in [0.3, 0.4) is 0 Å². The molecule has 1 fully saturated rings. The highest BCUT2D eigenvalue weighted by Gasteiger charge is 2.16. The van der Waals surface area contributed by atoms with Gasteiger partial charge in [0.2, 0.25) is 0 Å². The Morgan fingerprint density at radius 2 is 1.83 bits per heavy atom. The molecule has 0 aliphatic carbocycles. The Balaban J connectivity index is 1.26. The number of rotatable bonds is 7. The molecule has 2 aromatic carbocycles. The molecule has 4 rings (SSSR count). The maximum atomic E-state index is 11.9. The van der Waals surface area contributed by atoms with Gasteiger partial charge < -0.3 is 24.6 Å². The summed E-state index contributed by atoms with van der Waals surface area (Å²) in [6.07, 6.45) is 1.39. The van der Waals surface area contributed by atoms with Gasteiger partial charge in [0.25, 0.3) is 0 Å². The summed E-state index contributed by atoms with van der Waals surface area (Å²) in [5, 5.41) is 10.2. The van der Waals surface area contributed by atoms with E-state index in [0.717, 1.165) is 42.8 Å². The number of ether oxygens (including phenoxy) is 2. The highest BCUT2D eigenvalue weighted by molar-refractivity contribution is 5.67. The Labute approximate surface area is 175 Å². The average molecular weight is 407 g/mol. The Bertz CT molecular complexity index is 935. The van der Waals surface area contributed by atoms with Crippen LogP contribution in [0.15, 0.2) is 65.2 Å². The van der Waals surface area contributed by atoms with E-state index < -0.39 is 6.09 Å². The van der Waals surface area contributed by atoms with Crippen LogP contribution in [0.4, 0.5) is 4.79 Å².